The van der Waals surface area contributed by atoms with Crippen LogP contribution >= 0.6 is 0 Å². The first-order valence-electron chi connectivity index (χ1n) is 8.18. The highest BCUT2D eigenvalue weighted by Crippen LogP contribution is 2.16. The summed E-state index contributed by atoms with van der Waals surface area (Å²) in [7, 11) is 3.68. The SMILES string of the molecule is CC(/C=N\NC(=O)c1nnn(-c2nonc2N)c1CN(C)C)=C\c1ccco1. The third-order valence-corrected chi connectivity index (χ3v) is 3.49. The number of nitrogens with one attached hydrogen (secondary N) is 1. The molecule has 0 saturated carbocycles. The standard InChI is InChI=1S/C16H19N9O3/c1-10(7-11-5-4-6-27-11)8-18-20-16(26)13-12(9-24(2)3)25(23-19-13)15-14(17)21-28-22-15/h4-8H,9H2,1-3H3,(H2,17,21)(H,20,26)/b10-7+,18-8-. The van der Waals surface area contributed by atoms with Gasteiger partial charge in [-0.1, -0.05) is 5.21 Å². The van der Waals surface area contributed by atoms with Gasteiger partial charge in [0.05, 0.1) is 18.2 Å². The molecular formula is C16H19N9O3. The first-order valence-corrected chi connectivity index (χ1v) is 8.18. The molecule has 0 bridgehead atoms. The Balaban J connectivity index is 1.78. The molecule has 3 N–H and O–H groups in total. The Kier molecular flexibility index (Phi) is 5.60. The van der Waals surface area contributed by atoms with E-state index in [0.717, 1.165) is 5.57 Å². The van der Waals surface area contributed by atoms with E-state index in [1.807, 2.05) is 32.0 Å². The predicted octanol–water partition coefficient (Wildman–Crippen LogP) is 0.706. The van der Waals surface area contributed by atoms with Crippen LogP contribution in [0.5, 0.6) is 0 Å². The second-order valence-corrected chi connectivity index (χ2v) is 6.11. The summed E-state index contributed by atoms with van der Waals surface area (Å²) in [5.74, 6) is 0.350. The number of carbonyl (C=O) groups excluding carboxylic acids is 1. The van der Waals surface area contributed by atoms with Gasteiger partial charge in [-0.25, -0.2) is 10.1 Å². The highest BCUT2D eigenvalue weighted by molar-refractivity contribution is 5.94. The Morgan fingerprint density at radius 1 is 1.43 bits per heavy atom. The second kappa shape index (κ2) is 8.26. The Hall–Kier alpha value is -3.80. The fourth-order valence-electron chi connectivity index (χ4n) is 2.31. The minimum absolute atomic E-state index is 0.0357. The van der Waals surface area contributed by atoms with Crippen LogP contribution in [0.1, 0.15) is 28.9 Å². The molecule has 0 saturated heterocycles. The van der Waals surface area contributed by atoms with Crippen LogP contribution < -0.4 is 11.2 Å². The van der Waals surface area contributed by atoms with Crippen molar-refractivity contribution in [3.63, 3.8) is 0 Å². The number of nitrogen functional groups attached to an aromatic ring is 1. The number of nitrogens with two attached hydrogens (primary N) is 1. The molecule has 3 heterocycles. The summed E-state index contributed by atoms with van der Waals surface area (Å²) in [6.07, 6.45) is 4.85. The molecule has 0 aromatic carbocycles. The minimum atomic E-state index is -0.528. The van der Waals surface area contributed by atoms with Gasteiger partial charge in [0, 0.05) is 6.54 Å². The fourth-order valence-corrected chi connectivity index (χ4v) is 2.31. The number of carbonyl (C=O) groups is 1. The Labute approximate surface area is 159 Å². The summed E-state index contributed by atoms with van der Waals surface area (Å²) in [6, 6.07) is 3.59. The van der Waals surface area contributed by atoms with Crippen LogP contribution in [-0.2, 0) is 6.54 Å². The summed E-state index contributed by atoms with van der Waals surface area (Å²) in [5, 5.41) is 19.0. The van der Waals surface area contributed by atoms with Crippen LogP contribution in [0, 0.1) is 0 Å². The van der Waals surface area contributed by atoms with Crippen molar-refractivity contribution in [2.24, 2.45) is 5.10 Å². The molecule has 1 amide bonds. The molecule has 12 nitrogen and oxygen atoms in total. The van der Waals surface area contributed by atoms with Crippen LogP contribution in [0.2, 0.25) is 0 Å². The van der Waals surface area contributed by atoms with Crippen molar-refractivity contribution in [1.29, 1.82) is 0 Å². The number of hydrogen-bond donors (Lipinski definition) is 2. The summed E-state index contributed by atoms with van der Waals surface area (Å²) in [4.78, 5) is 14.4. The molecule has 0 aliphatic rings. The van der Waals surface area contributed by atoms with Crippen molar-refractivity contribution in [2.75, 3.05) is 19.8 Å². The number of allylic oxidation sites excluding steroid dienone is 1. The van der Waals surface area contributed by atoms with E-state index < -0.39 is 5.91 Å². The van der Waals surface area contributed by atoms with Gasteiger partial charge in [-0.05, 0) is 55.1 Å². The van der Waals surface area contributed by atoms with Crippen molar-refractivity contribution in [3.05, 3.63) is 41.1 Å². The molecule has 0 aliphatic carbocycles. The number of rotatable bonds is 7. The van der Waals surface area contributed by atoms with Gasteiger partial charge in [0.1, 0.15) is 5.76 Å². The molecule has 0 radical (unpaired) electrons. The third-order valence-electron chi connectivity index (χ3n) is 3.49. The normalized spacial score (nSPS) is 12.2. The van der Waals surface area contributed by atoms with Gasteiger partial charge in [0.15, 0.2) is 5.69 Å². The molecule has 0 atom stereocenters. The molecular weight excluding hydrogens is 366 g/mol. The lowest BCUT2D eigenvalue weighted by molar-refractivity contribution is 0.0948. The van der Waals surface area contributed by atoms with Crippen molar-refractivity contribution in [1.82, 2.24) is 35.6 Å². The van der Waals surface area contributed by atoms with Crippen LogP contribution in [-0.4, -0.2) is 56.4 Å². The Bertz CT molecular complexity index is 999. The van der Waals surface area contributed by atoms with Crippen molar-refractivity contribution in [3.8, 4) is 5.82 Å². The Morgan fingerprint density at radius 3 is 2.89 bits per heavy atom. The number of aromatic nitrogens is 5. The maximum absolute atomic E-state index is 12.5. The first kappa shape index (κ1) is 19.0. The molecule has 3 aromatic rings. The van der Waals surface area contributed by atoms with Crippen LogP contribution in [0.15, 0.2) is 38.1 Å². The smallest absolute Gasteiger partial charge is 0.293 e. The zero-order chi connectivity index (χ0) is 20.1. The van der Waals surface area contributed by atoms with Crippen molar-refractivity contribution >= 4 is 24.0 Å². The summed E-state index contributed by atoms with van der Waals surface area (Å²) >= 11 is 0. The summed E-state index contributed by atoms with van der Waals surface area (Å²) in [6.45, 7) is 2.18. The van der Waals surface area contributed by atoms with E-state index in [0.29, 0.717) is 18.0 Å². The topological polar surface area (TPSA) is 153 Å². The quantitative estimate of drug-likeness (QED) is 0.442. The minimum Gasteiger partial charge on any atom is -0.465 e. The Morgan fingerprint density at radius 2 is 2.25 bits per heavy atom. The lowest BCUT2D eigenvalue weighted by atomic mass is 10.3. The molecule has 12 heteroatoms. The third kappa shape index (κ3) is 4.29. The van der Waals surface area contributed by atoms with Crippen LogP contribution in [0.4, 0.5) is 5.82 Å². The van der Waals surface area contributed by atoms with Gasteiger partial charge in [-0.2, -0.15) is 9.78 Å². The number of hydrazone groups is 1. The lowest BCUT2D eigenvalue weighted by Crippen LogP contribution is -2.23. The number of nitrogens with zero attached hydrogens (tertiary/aromatic N) is 7. The van der Waals surface area contributed by atoms with E-state index in [4.69, 9.17) is 10.2 Å². The van der Waals surface area contributed by atoms with E-state index in [9.17, 15) is 4.79 Å². The highest BCUT2D eigenvalue weighted by Gasteiger charge is 2.24. The average molecular weight is 385 g/mol. The molecule has 0 fully saturated rings. The van der Waals surface area contributed by atoms with E-state index >= 15 is 0 Å². The largest absolute Gasteiger partial charge is 0.465 e. The van der Waals surface area contributed by atoms with E-state index in [2.05, 4.69) is 35.8 Å². The van der Waals surface area contributed by atoms with E-state index in [1.165, 1.54) is 10.9 Å². The van der Waals surface area contributed by atoms with Crippen LogP contribution in [0.3, 0.4) is 0 Å². The molecule has 146 valence electrons. The van der Waals surface area contributed by atoms with Crippen LogP contribution in [0.25, 0.3) is 11.9 Å². The van der Waals surface area contributed by atoms with Gasteiger partial charge in [-0.3, -0.25) is 4.79 Å². The maximum atomic E-state index is 12.5. The predicted molar refractivity (Wildman–Crippen MR) is 99.3 cm³/mol. The van der Waals surface area contributed by atoms with Crippen molar-refractivity contribution < 1.29 is 13.8 Å². The number of furan rings is 1. The van der Waals surface area contributed by atoms with Gasteiger partial charge < -0.3 is 15.1 Å². The van der Waals surface area contributed by atoms with Gasteiger partial charge in [0.2, 0.25) is 11.6 Å². The summed E-state index contributed by atoms with van der Waals surface area (Å²) < 4.78 is 11.1. The molecule has 0 spiro atoms. The molecule has 0 unspecified atom stereocenters. The molecule has 3 rings (SSSR count). The molecule has 28 heavy (non-hydrogen) atoms. The second-order valence-electron chi connectivity index (χ2n) is 6.11. The summed E-state index contributed by atoms with van der Waals surface area (Å²) in [5.41, 5.74) is 9.48. The van der Waals surface area contributed by atoms with Gasteiger partial charge >= 0.3 is 0 Å². The number of anilines is 1. The lowest BCUT2D eigenvalue weighted by Gasteiger charge is -2.11. The van der Waals surface area contributed by atoms with E-state index in [1.54, 1.807) is 18.4 Å². The number of amides is 1. The monoisotopic (exact) mass is 385 g/mol. The van der Waals surface area contributed by atoms with Gasteiger partial charge in [-0.15, -0.1) is 5.10 Å². The van der Waals surface area contributed by atoms with E-state index in [-0.39, 0.29) is 17.3 Å². The number of hydrogen-bond acceptors (Lipinski definition) is 10. The maximum Gasteiger partial charge on any atom is 0.293 e. The molecule has 3 aromatic heterocycles. The van der Waals surface area contributed by atoms with Crippen molar-refractivity contribution in [2.45, 2.75) is 13.5 Å². The fraction of sp³-hybridized carbons (Fsp3) is 0.250. The first-order chi connectivity index (χ1) is 13.5. The zero-order valence-electron chi connectivity index (χ0n) is 15.5. The molecule has 0 aliphatic heterocycles. The van der Waals surface area contributed by atoms with Gasteiger partial charge in [0.25, 0.3) is 5.91 Å². The highest BCUT2D eigenvalue weighted by atomic mass is 16.6. The zero-order valence-corrected chi connectivity index (χ0v) is 15.5. The average Bonchev–Trinajstić information content (AvgIpc) is 3.36.